The summed E-state index contributed by atoms with van der Waals surface area (Å²) >= 11 is 0. The van der Waals surface area contributed by atoms with E-state index in [0.29, 0.717) is 11.3 Å². The minimum absolute atomic E-state index is 0.195. The molecule has 1 unspecified atom stereocenters. The number of carbonyl (C=O) groups is 1. The quantitative estimate of drug-likeness (QED) is 0.925. The van der Waals surface area contributed by atoms with Crippen LogP contribution in [-0.2, 0) is 0 Å². The molecule has 2 saturated heterocycles. The third-order valence-corrected chi connectivity index (χ3v) is 5.89. The van der Waals surface area contributed by atoms with Crippen molar-refractivity contribution in [3.63, 3.8) is 0 Å². The van der Waals surface area contributed by atoms with E-state index in [0.717, 1.165) is 42.5 Å². The summed E-state index contributed by atoms with van der Waals surface area (Å²) in [4.78, 5) is 20.9. The van der Waals surface area contributed by atoms with Crippen LogP contribution in [-0.4, -0.2) is 53.4 Å². The maximum atomic E-state index is 13.0. The predicted octanol–water partition coefficient (Wildman–Crippen LogP) is 3.75. The molecule has 1 aromatic carbocycles. The number of amides is 1. The third kappa shape index (κ3) is 3.32. The summed E-state index contributed by atoms with van der Waals surface area (Å²) in [7, 11) is 0. The molecule has 134 valence electrons. The Morgan fingerprint density at radius 3 is 2.92 bits per heavy atom. The lowest BCUT2D eigenvalue weighted by Crippen LogP contribution is -2.46. The van der Waals surface area contributed by atoms with E-state index in [2.05, 4.69) is 28.6 Å². The summed E-state index contributed by atoms with van der Waals surface area (Å²) in [5, 5.41) is 1.11. The zero-order chi connectivity index (χ0) is 17.4. The second-order valence-corrected chi connectivity index (χ2v) is 8.49. The van der Waals surface area contributed by atoms with Gasteiger partial charge in [0.15, 0.2) is 0 Å². The Morgan fingerprint density at radius 2 is 2.08 bits per heavy atom. The van der Waals surface area contributed by atoms with Gasteiger partial charge in [0.1, 0.15) is 0 Å². The van der Waals surface area contributed by atoms with E-state index in [4.69, 9.17) is 0 Å². The standard InChI is InChI=1S/C21H29N3O/c1-16(2)13-23-10-3-7-21(14-23)8-11-24(15-21)20(25)18-4-5-19-17(12-18)6-9-22-19/h4-6,9,12,16,22H,3,7-8,10-11,13-15H2,1-2H3. The Labute approximate surface area is 150 Å². The number of hydrogen-bond donors (Lipinski definition) is 1. The van der Waals surface area contributed by atoms with Crippen molar-refractivity contribution < 1.29 is 4.79 Å². The zero-order valence-corrected chi connectivity index (χ0v) is 15.4. The first kappa shape index (κ1) is 16.6. The number of fused-ring (bicyclic) bond motifs is 1. The first-order chi connectivity index (χ1) is 12.0. The maximum absolute atomic E-state index is 13.0. The van der Waals surface area contributed by atoms with Crippen molar-refractivity contribution in [2.24, 2.45) is 11.3 Å². The number of hydrogen-bond acceptors (Lipinski definition) is 2. The Balaban J connectivity index is 1.46. The lowest BCUT2D eigenvalue weighted by Gasteiger charge is -2.41. The van der Waals surface area contributed by atoms with Crippen LogP contribution in [0.25, 0.3) is 10.9 Å². The van der Waals surface area contributed by atoms with Crippen molar-refractivity contribution in [2.75, 3.05) is 32.7 Å². The van der Waals surface area contributed by atoms with Gasteiger partial charge in [-0.25, -0.2) is 0 Å². The Morgan fingerprint density at radius 1 is 1.20 bits per heavy atom. The number of aromatic nitrogens is 1. The van der Waals surface area contributed by atoms with Crippen molar-refractivity contribution in [3.8, 4) is 0 Å². The first-order valence-electron chi connectivity index (χ1n) is 9.63. The molecular formula is C21H29N3O. The molecule has 0 radical (unpaired) electrons. The van der Waals surface area contributed by atoms with Gasteiger partial charge in [0.25, 0.3) is 5.91 Å². The number of aromatic amines is 1. The second kappa shape index (κ2) is 6.49. The minimum Gasteiger partial charge on any atom is -0.361 e. The van der Waals surface area contributed by atoms with Gasteiger partial charge in [-0.3, -0.25) is 4.79 Å². The number of nitrogens with one attached hydrogen (secondary N) is 1. The van der Waals surface area contributed by atoms with E-state index < -0.39 is 0 Å². The zero-order valence-electron chi connectivity index (χ0n) is 15.4. The van der Waals surface area contributed by atoms with Gasteiger partial charge in [0, 0.05) is 54.3 Å². The molecule has 0 aliphatic carbocycles. The van der Waals surface area contributed by atoms with Crippen LogP contribution in [0.1, 0.15) is 43.5 Å². The normalized spacial score (nSPS) is 24.7. The predicted molar refractivity (Wildman–Crippen MR) is 102 cm³/mol. The number of carbonyl (C=O) groups excluding carboxylic acids is 1. The van der Waals surface area contributed by atoms with E-state index in [1.807, 2.05) is 30.5 Å². The Kier molecular flexibility index (Phi) is 4.32. The molecule has 2 aliphatic rings. The van der Waals surface area contributed by atoms with Gasteiger partial charge in [-0.05, 0) is 56.0 Å². The van der Waals surface area contributed by atoms with Crippen LogP contribution in [0.2, 0.25) is 0 Å². The number of likely N-dealkylation sites (tertiary alicyclic amines) is 2. The highest BCUT2D eigenvalue weighted by Crippen LogP contribution is 2.39. The smallest absolute Gasteiger partial charge is 0.253 e. The van der Waals surface area contributed by atoms with Gasteiger partial charge in [0.05, 0.1) is 0 Å². The van der Waals surface area contributed by atoms with Gasteiger partial charge < -0.3 is 14.8 Å². The van der Waals surface area contributed by atoms with E-state index in [1.165, 1.54) is 25.9 Å². The molecule has 4 heteroatoms. The molecule has 4 rings (SSSR count). The summed E-state index contributed by atoms with van der Waals surface area (Å²) in [5.74, 6) is 0.906. The summed E-state index contributed by atoms with van der Waals surface area (Å²) in [6.45, 7) is 9.97. The van der Waals surface area contributed by atoms with Gasteiger partial charge in [-0.1, -0.05) is 13.8 Å². The van der Waals surface area contributed by atoms with Crippen LogP contribution in [0.4, 0.5) is 0 Å². The molecule has 25 heavy (non-hydrogen) atoms. The minimum atomic E-state index is 0.195. The highest BCUT2D eigenvalue weighted by Gasteiger charge is 2.42. The van der Waals surface area contributed by atoms with Crippen LogP contribution in [0.15, 0.2) is 30.5 Å². The highest BCUT2D eigenvalue weighted by atomic mass is 16.2. The van der Waals surface area contributed by atoms with Crippen molar-refractivity contribution in [2.45, 2.75) is 33.1 Å². The molecule has 2 aromatic rings. The van der Waals surface area contributed by atoms with Crippen LogP contribution >= 0.6 is 0 Å². The molecule has 0 saturated carbocycles. The van der Waals surface area contributed by atoms with Crippen LogP contribution < -0.4 is 0 Å². The molecule has 0 bridgehead atoms. The number of H-pyrrole nitrogens is 1. The van der Waals surface area contributed by atoms with Crippen LogP contribution in [0.5, 0.6) is 0 Å². The Hall–Kier alpha value is -1.81. The first-order valence-corrected chi connectivity index (χ1v) is 9.63. The third-order valence-electron chi connectivity index (χ3n) is 5.89. The second-order valence-electron chi connectivity index (χ2n) is 8.49. The molecule has 2 fully saturated rings. The van der Waals surface area contributed by atoms with E-state index in [9.17, 15) is 4.79 Å². The Bertz CT molecular complexity index is 765. The SMILES string of the molecule is CC(C)CN1CCCC2(CCN(C(=O)c3ccc4[nH]ccc4c3)C2)C1. The number of nitrogens with zero attached hydrogens (tertiary/aromatic N) is 2. The molecule has 2 aliphatic heterocycles. The summed E-state index contributed by atoms with van der Waals surface area (Å²) in [6.07, 6.45) is 5.61. The average Bonchev–Trinajstić information content (AvgIpc) is 3.20. The molecule has 3 heterocycles. The van der Waals surface area contributed by atoms with Crippen LogP contribution in [0, 0.1) is 11.3 Å². The summed E-state index contributed by atoms with van der Waals surface area (Å²) in [6, 6.07) is 8.02. The lowest BCUT2D eigenvalue weighted by atomic mass is 9.79. The van der Waals surface area contributed by atoms with Crippen molar-refractivity contribution >= 4 is 16.8 Å². The fourth-order valence-electron chi connectivity index (χ4n) is 4.79. The number of piperidine rings is 1. The van der Waals surface area contributed by atoms with E-state index >= 15 is 0 Å². The fraction of sp³-hybridized carbons (Fsp3) is 0.571. The average molecular weight is 339 g/mol. The largest absolute Gasteiger partial charge is 0.361 e. The topological polar surface area (TPSA) is 39.3 Å². The van der Waals surface area contributed by atoms with Crippen molar-refractivity contribution in [1.82, 2.24) is 14.8 Å². The molecule has 1 atom stereocenters. The number of benzene rings is 1. The monoisotopic (exact) mass is 339 g/mol. The number of rotatable bonds is 3. The molecule has 1 aromatic heterocycles. The van der Waals surface area contributed by atoms with Gasteiger partial charge in [-0.2, -0.15) is 0 Å². The van der Waals surface area contributed by atoms with Crippen LogP contribution in [0.3, 0.4) is 0 Å². The molecule has 1 N–H and O–H groups in total. The van der Waals surface area contributed by atoms with Gasteiger partial charge >= 0.3 is 0 Å². The molecule has 4 nitrogen and oxygen atoms in total. The summed E-state index contributed by atoms with van der Waals surface area (Å²) < 4.78 is 0. The maximum Gasteiger partial charge on any atom is 0.253 e. The lowest BCUT2D eigenvalue weighted by molar-refractivity contribution is 0.0666. The molecular weight excluding hydrogens is 310 g/mol. The van der Waals surface area contributed by atoms with E-state index in [1.54, 1.807) is 0 Å². The molecule has 1 spiro atoms. The fourth-order valence-corrected chi connectivity index (χ4v) is 4.79. The van der Waals surface area contributed by atoms with Gasteiger partial charge in [0.2, 0.25) is 0 Å². The highest BCUT2D eigenvalue weighted by molar-refractivity contribution is 5.98. The van der Waals surface area contributed by atoms with E-state index in [-0.39, 0.29) is 5.91 Å². The summed E-state index contributed by atoms with van der Waals surface area (Å²) in [5.41, 5.74) is 2.23. The van der Waals surface area contributed by atoms with Crippen molar-refractivity contribution in [1.29, 1.82) is 0 Å². The van der Waals surface area contributed by atoms with Gasteiger partial charge in [-0.15, -0.1) is 0 Å². The van der Waals surface area contributed by atoms with Crippen molar-refractivity contribution in [3.05, 3.63) is 36.0 Å². The molecule has 1 amide bonds.